The summed E-state index contributed by atoms with van der Waals surface area (Å²) in [6.07, 6.45) is 7.91. The van der Waals surface area contributed by atoms with Gasteiger partial charge in [0.05, 0.1) is 39.4 Å². The van der Waals surface area contributed by atoms with Crippen LogP contribution in [0.5, 0.6) is 11.5 Å². The molecule has 3 aliphatic rings. The molecule has 230 valence electrons. The predicted molar refractivity (Wildman–Crippen MR) is 155 cm³/mol. The van der Waals surface area contributed by atoms with Crippen molar-refractivity contribution in [2.24, 2.45) is 11.7 Å². The molecule has 1 unspecified atom stereocenters. The van der Waals surface area contributed by atoms with Gasteiger partial charge in [0.15, 0.2) is 5.69 Å². The number of fused-ring (bicyclic) bond motifs is 3. The highest BCUT2D eigenvalue weighted by Crippen LogP contribution is 2.46. The first-order valence-electron chi connectivity index (χ1n) is 14.6. The molecule has 2 fully saturated rings. The van der Waals surface area contributed by atoms with Gasteiger partial charge < -0.3 is 34.9 Å². The number of carbonyl (C=O) groups excluding carboxylic acids is 4. The second-order valence-electron chi connectivity index (χ2n) is 11.3. The predicted octanol–water partition coefficient (Wildman–Crippen LogP) is 2.27. The Bertz CT molecular complexity index is 1440. The van der Waals surface area contributed by atoms with Crippen LogP contribution in [0.15, 0.2) is 36.4 Å². The van der Waals surface area contributed by atoms with E-state index in [4.69, 9.17) is 24.7 Å². The SMILES string of the molecule is COC(=O)c1cc(O[C@@H]2C[C@H]3C(=O)N[C@]4(C(=O)OC)CC4C=CCCCCC[C@H](N)C(=O)N3C2)c2ccc(OC)cc2n1. The van der Waals surface area contributed by atoms with E-state index in [1.54, 1.807) is 18.2 Å². The number of ether oxygens (including phenoxy) is 4. The highest BCUT2D eigenvalue weighted by atomic mass is 16.5. The number of aromatic nitrogens is 1. The second-order valence-corrected chi connectivity index (χ2v) is 11.3. The molecule has 0 bridgehead atoms. The summed E-state index contributed by atoms with van der Waals surface area (Å²) >= 11 is 0. The van der Waals surface area contributed by atoms with E-state index in [1.165, 1.54) is 32.3 Å². The van der Waals surface area contributed by atoms with E-state index in [2.05, 4.69) is 10.3 Å². The van der Waals surface area contributed by atoms with Gasteiger partial charge >= 0.3 is 11.9 Å². The summed E-state index contributed by atoms with van der Waals surface area (Å²) < 4.78 is 21.6. The van der Waals surface area contributed by atoms with Gasteiger partial charge in [0.25, 0.3) is 0 Å². The monoisotopic (exact) mass is 594 g/mol. The Morgan fingerprint density at radius 2 is 1.91 bits per heavy atom. The number of carbonyl (C=O) groups is 4. The van der Waals surface area contributed by atoms with E-state index in [0.717, 1.165) is 25.7 Å². The summed E-state index contributed by atoms with van der Waals surface area (Å²) in [6, 6.07) is 4.97. The molecule has 1 saturated carbocycles. The van der Waals surface area contributed by atoms with Gasteiger partial charge in [0.1, 0.15) is 29.2 Å². The molecule has 2 amide bonds. The first-order chi connectivity index (χ1) is 20.7. The Labute approximate surface area is 249 Å². The maximum atomic E-state index is 13.8. The number of rotatable bonds is 5. The molecule has 1 aliphatic carbocycles. The molecule has 0 radical (unpaired) electrons. The van der Waals surface area contributed by atoms with Crippen LogP contribution in [0.25, 0.3) is 10.9 Å². The van der Waals surface area contributed by atoms with Gasteiger partial charge in [-0.25, -0.2) is 14.6 Å². The van der Waals surface area contributed by atoms with Crippen LogP contribution in [0.4, 0.5) is 0 Å². The van der Waals surface area contributed by atoms with Gasteiger partial charge in [0, 0.05) is 29.9 Å². The summed E-state index contributed by atoms with van der Waals surface area (Å²) in [6.45, 7) is 0.0900. The molecule has 2 aromatic rings. The van der Waals surface area contributed by atoms with Crippen molar-refractivity contribution in [3.05, 3.63) is 42.1 Å². The van der Waals surface area contributed by atoms with Crippen LogP contribution in [0.3, 0.4) is 0 Å². The molecule has 5 rings (SSSR count). The van der Waals surface area contributed by atoms with Gasteiger partial charge in [-0.2, -0.15) is 0 Å². The molecule has 0 spiro atoms. The zero-order chi connectivity index (χ0) is 30.7. The molecule has 3 N–H and O–H groups in total. The Kier molecular flexibility index (Phi) is 8.86. The van der Waals surface area contributed by atoms with Crippen molar-refractivity contribution in [1.29, 1.82) is 0 Å². The normalized spacial score (nSPS) is 27.7. The van der Waals surface area contributed by atoms with Gasteiger partial charge in [-0.05, 0) is 37.8 Å². The smallest absolute Gasteiger partial charge is 0.356 e. The highest BCUT2D eigenvalue weighted by molar-refractivity contribution is 5.96. The maximum absolute atomic E-state index is 13.8. The fourth-order valence-electron chi connectivity index (χ4n) is 6.00. The molecule has 12 nitrogen and oxygen atoms in total. The molecule has 1 aromatic carbocycles. The Morgan fingerprint density at radius 1 is 1.09 bits per heavy atom. The van der Waals surface area contributed by atoms with Crippen molar-refractivity contribution < 1.29 is 38.1 Å². The van der Waals surface area contributed by atoms with Crippen molar-refractivity contribution in [2.75, 3.05) is 27.9 Å². The third-order valence-corrected chi connectivity index (χ3v) is 8.50. The summed E-state index contributed by atoms with van der Waals surface area (Å²) in [5, 5.41) is 3.53. The Balaban J connectivity index is 1.46. The van der Waals surface area contributed by atoms with Crippen molar-refractivity contribution in [3.63, 3.8) is 0 Å². The number of benzene rings is 1. The minimum Gasteiger partial charge on any atom is -0.497 e. The van der Waals surface area contributed by atoms with E-state index >= 15 is 0 Å². The molecular weight excluding hydrogens is 556 g/mol. The van der Waals surface area contributed by atoms with Crippen molar-refractivity contribution in [1.82, 2.24) is 15.2 Å². The Hall–Kier alpha value is -4.19. The lowest BCUT2D eigenvalue weighted by atomic mass is 10.1. The molecule has 1 aromatic heterocycles. The van der Waals surface area contributed by atoms with Crippen LogP contribution in [0, 0.1) is 5.92 Å². The van der Waals surface area contributed by atoms with Gasteiger partial charge in [0.2, 0.25) is 11.8 Å². The number of nitrogens with zero attached hydrogens (tertiary/aromatic N) is 2. The average molecular weight is 595 g/mol. The minimum absolute atomic E-state index is 0.0368. The van der Waals surface area contributed by atoms with Crippen LogP contribution in [0.2, 0.25) is 0 Å². The van der Waals surface area contributed by atoms with Crippen LogP contribution in [-0.2, 0) is 23.9 Å². The molecule has 43 heavy (non-hydrogen) atoms. The lowest BCUT2D eigenvalue weighted by Gasteiger charge is -2.28. The van der Waals surface area contributed by atoms with E-state index in [0.29, 0.717) is 35.2 Å². The van der Waals surface area contributed by atoms with Crippen molar-refractivity contribution >= 4 is 34.7 Å². The lowest BCUT2D eigenvalue weighted by Crippen LogP contribution is -2.55. The fourth-order valence-corrected chi connectivity index (χ4v) is 6.00. The first-order valence-corrected chi connectivity index (χ1v) is 14.6. The third kappa shape index (κ3) is 6.15. The van der Waals surface area contributed by atoms with Crippen LogP contribution in [0.1, 0.15) is 55.4 Å². The second kappa shape index (κ2) is 12.6. The average Bonchev–Trinajstić information content (AvgIpc) is 3.54. The third-order valence-electron chi connectivity index (χ3n) is 8.50. The zero-order valence-corrected chi connectivity index (χ0v) is 24.7. The van der Waals surface area contributed by atoms with E-state index in [9.17, 15) is 19.2 Å². The summed E-state index contributed by atoms with van der Waals surface area (Å²) in [4.78, 5) is 58.5. The number of amides is 2. The van der Waals surface area contributed by atoms with E-state index in [1.807, 2.05) is 12.2 Å². The number of esters is 2. The number of nitrogens with one attached hydrogen (secondary N) is 1. The number of pyridine rings is 1. The first kappa shape index (κ1) is 30.3. The topological polar surface area (TPSA) is 159 Å². The quantitative estimate of drug-likeness (QED) is 0.388. The largest absolute Gasteiger partial charge is 0.497 e. The zero-order valence-electron chi connectivity index (χ0n) is 24.7. The van der Waals surface area contributed by atoms with Gasteiger partial charge in [-0.1, -0.05) is 25.0 Å². The standard InChI is InChI=1S/C31H38N4O8/c1-40-19-11-12-21-23(13-19)33-24(29(38)41-2)15-26(21)43-20-14-25-27(36)34-31(30(39)42-3)16-18(31)9-7-5-4-6-8-10-22(32)28(37)35(25)17-20/h7,9,11-13,15,18,20,22,25H,4-6,8,10,14,16-17,32H2,1-3H3,(H,34,36)/t18?,20-,22+,25+,31-/m1/s1. The maximum Gasteiger partial charge on any atom is 0.356 e. The highest BCUT2D eigenvalue weighted by Gasteiger charge is 2.62. The van der Waals surface area contributed by atoms with Gasteiger partial charge in [-0.15, -0.1) is 0 Å². The molecular formula is C31H38N4O8. The van der Waals surface area contributed by atoms with Crippen LogP contribution in [-0.4, -0.2) is 85.2 Å². The summed E-state index contributed by atoms with van der Waals surface area (Å²) in [7, 11) is 4.08. The van der Waals surface area contributed by atoms with E-state index < -0.39 is 41.6 Å². The molecule has 12 heteroatoms. The van der Waals surface area contributed by atoms with Crippen LogP contribution >= 0.6 is 0 Å². The Morgan fingerprint density at radius 3 is 2.65 bits per heavy atom. The van der Waals surface area contributed by atoms with Crippen molar-refractivity contribution in [2.45, 2.75) is 68.7 Å². The summed E-state index contributed by atoms with van der Waals surface area (Å²) in [5.74, 6) is -1.28. The number of hydrogen-bond acceptors (Lipinski definition) is 10. The van der Waals surface area contributed by atoms with Gasteiger partial charge in [-0.3, -0.25) is 9.59 Å². The molecule has 1 saturated heterocycles. The number of allylic oxidation sites excluding steroid dienone is 1. The van der Waals surface area contributed by atoms with Crippen LogP contribution < -0.4 is 20.5 Å². The number of methoxy groups -OCH3 is 3. The molecule has 5 atom stereocenters. The lowest BCUT2D eigenvalue weighted by molar-refractivity contribution is -0.148. The van der Waals surface area contributed by atoms with E-state index in [-0.39, 0.29) is 30.5 Å². The fraction of sp³-hybridized carbons (Fsp3) is 0.516. The van der Waals surface area contributed by atoms with Crippen molar-refractivity contribution in [3.8, 4) is 11.5 Å². The molecule has 3 heterocycles. The number of hydrogen-bond donors (Lipinski definition) is 2. The molecule has 2 aliphatic heterocycles. The summed E-state index contributed by atoms with van der Waals surface area (Å²) in [5.41, 5.74) is 5.65. The minimum atomic E-state index is -1.17. The number of nitrogens with two attached hydrogens (primary N) is 1.